The number of pyridine rings is 2. The fourth-order valence-corrected chi connectivity index (χ4v) is 5.19. The van der Waals surface area contributed by atoms with Gasteiger partial charge in [0, 0.05) is 24.3 Å². The van der Waals surface area contributed by atoms with Crippen LogP contribution in [0.15, 0.2) is 66.3 Å². The van der Waals surface area contributed by atoms with Gasteiger partial charge in [0.2, 0.25) is 0 Å². The number of aromatic nitrogens is 2. The van der Waals surface area contributed by atoms with E-state index in [9.17, 15) is 0 Å². The summed E-state index contributed by atoms with van der Waals surface area (Å²) < 4.78 is 0. The van der Waals surface area contributed by atoms with Crippen LogP contribution in [0.1, 0.15) is 35.4 Å². The third kappa shape index (κ3) is 3.83. The second-order valence-electron chi connectivity index (χ2n) is 7.95. The summed E-state index contributed by atoms with van der Waals surface area (Å²) in [5, 5.41) is 3.38. The zero-order valence-electron chi connectivity index (χ0n) is 16.7. The van der Waals surface area contributed by atoms with Crippen molar-refractivity contribution in [2.45, 2.75) is 32.2 Å². The van der Waals surface area contributed by atoms with Gasteiger partial charge >= 0.3 is 0 Å². The van der Waals surface area contributed by atoms with Crippen LogP contribution in [0.4, 0.5) is 0 Å². The first kappa shape index (κ1) is 18.5. The van der Waals surface area contributed by atoms with E-state index in [4.69, 9.17) is 4.98 Å². The molecule has 1 aliphatic heterocycles. The van der Waals surface area contributed by atoms with Crippen LogP contribution < -0.4 is 0 Å². The highest BCUT2D eigenvalue weighted by molar-refractivity contribution is 7.13. The summed E-state index contributed by atoms with van der Waals surface area (Å²) in [5.41, 5.74) is 6.29. The Morgan fingerprint density at radius 3 is 2.62 bits per heavy atom. The van der Waals surface area contributed by atoms with Crippen LogP contribution in [0.5, 0.6) is 0 Å². The van der Waals surface area contributed by atoms with Crippen LogP contribution in [-0.4, -0.2) is 28.0 Å². The largest absolute Gasteiger partial charge is 0.299 e. The summed E-state index contributed by atoms with van der Waals surface area (Å²) in [6.45, 7) is 5.37. The number of para-hydroxylation sites is 1. The van der Waals surface area contributed by atoms with Crippen LogP contribution in [0.3, 0.4) is 0 Å². The maximum Gasteiger partial charge on any atom is 0.0854 e. The van der Waals surface area contributed by atoms with Crippen molar-refractivity contribution in [1.82, 2.24) is 14.9 Å². The second kappa shape index (κ2) is 8.05. The van der Waals surface area contributed by atoms with Crippen LogP contribution in [-0.2, 0) is 6.54 Å². The Hall–Kier alpha value is -2.56. The molecule has 146 valence electrons. The summed E-state index contributed by atoms with van der Waals surface area (Å²) in [6, 6.07) is 17.5. The molecule has 0 spiro atoms. The van der Waals surface area contributed by atoms with Crippen molar-refractivity contribution in [3.63, 3.8) is 0 Å². The van der Waals surface area contributed by atoms with E-state index in [1.54, 1.807) is 11.3 Å². The lowest BCUT2D eigenvalue weighted by molar-refractivity contribution is 0.205. The van der Waals surface area contributed by atoms with Gasteiger partial charge in [-0.1, -0.05) is 24.3 Å². The number of likely N-dealkylation sites (tertiary alicyclic amines) is 1. The fourth-order valence-electron chi connectivity index (χ4n) is 4.44. The van der Waals surface area contributed by atoms with E-state index >= 15 is 0 Å². The van der Waals surface area contributed by atoms with E-state index < -0.39 is 0 Å². The molecule has 0 amide bonds. The molecule has 0 N–H and O–H groups in total. The molecular weight excluding hydrogens is 374 g/mol. The zero-order valence-corrected chi connectivity index (χ0v) is 17.5. The van der Waals surface area contributed by atoms with Crippen molar-refractivity contribution in [1.29, 1.82) is 0 Å². The molecule has 1 aromatic carbocycles. The molecule has 4 aromatic rings. The predicted molar refractivity (Wildman–Crippen MR) is 121 cm³/mol. The Morgan fingerprint density at radius 2 is 1.86 bits per heavy atom. The molecule has 0 bridgehead atoms. The molecule has 1 saturated heterocycles. The third-order valence-electron chi connectivity index (χ3n) is 6.04. The number of hydrogen-bond donors (Lipinski definition) is 0. The number of piperidine rings is 1. The molecule has 4 heteroatoms. The standard InChI is InChI=1S/C25H25N3S/c1-18-4-2-5-21-16-22(25(27-24(18)21)23-6-3-15-29-23)17-28-13-9-20(10-14-28)19-7-11-26-12-8-19/h2-8,11-12,15-16,20H,9-10,13-14,17H2,1H3. The fraction of sp³-hybridized carbons (Fsp3) is 0.280. The molecule has 0 aliphatic carbocycles. The molecule has 4 heterocycles. The lowest BCUT2D eigenvalue weighted by atomic mass is 9.90. The minimum Gasteiger partial charge on any atom is -0.299 e. The van der Waals surface area contributed by atoms with Crippen LogP contribution in [0.25, 0.3) is 21.5 Å². The maximum absolute atomic E-state index is 5.12. The van der Waals surface area contributed by atoms with E-state index in [-0.39, 0.29) is 0 Å². The smallest absolute Gasteiger partial charge is 0.0854 e. The lowest BCUT2D eigenvalue weighted by Gasteiger charge is -2.32. The summed E-state index contributed by atoms with van der Waals surface area (Å²) in [6.07, 6.45) is 6.24. The van der Waals surface area contributed by atoms with E-state index in [0.717, 1.165) is 30.8 Å². The SMILES string of the molecule is Cc1cccc2cc(CN3CCC(c4ccncc4)CC3)c(-c3cccs3)nc12. The van der Waals surface area contributed by atoms with E-state index in [0.29, 0.717) is 5.92 Å². The van der Waals surface area contributed by atoms with Crippen molar-refractivity contribution in [2.24, 2.45) is 0 Å². The summed E-state index contributed by atoms with van der Waals surface area (Å²) in [4.78, 5) is 13.1. The van der Waals surface area contributed by atoms with Crippen molar-refractivity contribution >= 4 is 22.2 Å². The van der Waals surface area contributed by atoms with Gasteiger partial charge in [-0.15, -0.1) is 11.3 Å². The third-order valence-corrected chi connectivity index (χ3v) is 6.92. The zero-order chi connectivity index (χ0) is 19.6. The number of hydrogen-bond acceptors (Lipinski definition) is 4. The highest BCUT2D eigenvalue weighted by Crippen LogP contribution is 2.33. The predicted octanol–water partition coefficient (Wildman–Crippen LogP) is 6.05. The normalized spacial score (nSPS) is 15.8. The minimum atomic E-state index is 0.656. The summed E-state index contributed by atoms with van der Waals surface area (Å²) in [7, 11) is 0. The van der Waals surface area contributed by atoms with Gasteiger partial charge in [0.05, 0.1) is 16.1 Å². The molecular formula is C25H25N3S. The Kier molecular flexibility index (Phi) is 5.13. The van der Waals surface area contributed by atoms with Gasteiger partial charge in [0.25, 0.3) is 0 Å². The summed E-state index contributed by atoms with van der Waals surface area (Å²) >= 11 is 1.78. The topological polar surface area (TPSA) is 29.0 Å². The lowest BCUT2D eigenvalue weighted by Crippen LogP contribution is -2.32. The van der Waals surface area contributed by atoms with Gasteiger partial charge in [-0.3, -0.25) is 9.88 Å². The molecule has 1 fully saturated rings. The van der Waals surface area contributed by atoms with Crippen molar-refractivity contribution in [2.75, 3.05) is 13.1 Å². The molecule has 1 aliphatic rings. The van der Waals surface area contributed by atoms with Gasteiger partial charge in [-0.05, 0) is 85.1 Å². The average molecular weight is 400 g/mol. The first-order valence-electron chi connectivity index (χ1n) is 10.3. The monoisotopic (exact) mass is 399 g/mol. The van der Waals surface area contributed by atoms with E-state index in [2.05, 4.69) is 70.7 Å². The van der Waals surface area contributed by atoms with Crippen molar-refractivity contribution < 1.29 is 0 Å². The molecule has 0 unspecified atom stereocenters. The van der Waals surface area contributed by atoms with Crippen LogP contribution in [0, 0.1) is 6.92 Å². The number of thiophene rings is 1. The van der Waals surface area contributed by atoms with Crippen LogP contribution >= 0.6 is 11.3 Å². The van der Waals surface area contributed by atoms with E-state index in [1.165, 1.54) is 39.8 Å². The Morgan fingerprint density at radius 1 is 1.03 bits per heavy atom. The molecule has 29 heavy (non-hydrogen) atoms. The van der Waals surface area contributed by atoms with Gasteiger partial charge in [0.1, 0.15) is 0 Å². The van der Waals surface area contributed by atoms with Gasteiger partial charge in [-0.2, -0.15) is 0 Å². The first-order chi connectivity index (χ1) is 14.3. The Labute approximate surface area is 176 Å². The summed E-state index contributed by atoms with van der Waals surface area (Å²) in [5.74, 6) is 0.656. The number of aryl methyl sites for hydroxylation is 1. The maximum atomic E-state index is 5.12. The van der Waals surface area contributed by atoms with E-state index in [1.807, 2.05) is 12.4 Å². The molecule has 0 saturated carbocycles. The Balaban J connectivity index is 1.41. The molecule has 5 rings (SSSR count). The molecule has 3 nitrogen and oxygen atoms in total. The molecule has 3 aromatic heterocycles. The molecule has 0 radical (unpaired) electrons. The number of rotatable bonds is 4. The van der Waals surface area contributed by atoms with Gasteiger partial charge in [-0.25, -0.2) is 4.98 Å². The van der Waals surface area contributed by atoms with Crippen molar-refractivity contribution in [3.05, 3.63) is 83.0 Å². The van der Waals surface area contributed by atoms with Gasteiger partial charge in [0.15, 0.2) is 0 Å². The number of benzene rings is 1. The second-order valence-corrected chi connectivity index (χ2v) is 8.90. The highest BCUT2D eigenvalue weighted by atomic mass is 32.1. The highest BCUT2D eigenvalue weighted by Gasteiger charge is 2.22. The van der Waals surface area contributed by atoms with Gasteiger partial charge < -0.3 is 0 Å². The number of fused-ring (bicyclic) bond motifs is 1. The quantitative estimate of drug-likeness (QED) is 0.418. The molecule has 0 atom stereocenters. The first-order valence-corrected chi connectivity index (χ1v) is 11.2. The average Bonchev–Trinajstić information content (AvgIpc) is 3.30. The number of nitrogens with zero attached hydrogens (tertiary/aromatic N) is 3. The Bertz CT molecular complexity index is 1100. The van der Waals surface area contributed by atoms with Crippen LogP contribution in [0.2, 0.25) is 0 Å². The van der Waals surface area contributed by atoms with Crippen molar-refractivity contribution in [3.8, 4) is 10.6 Å². The minimum absolute atomic E-state index is 0.656.